The summed E-state index contributed by atoms with van der Waals surface area (Å²) in [7, 11) is -3.03. The van der Waals surface area contributed by atoms with Crippen LogP contribution in [0.4, 0.5) is 0 Å². The zero-order chi connectivity index (χ0) is 16.6. The SMILES string of the molecule is O=S(=O)(C1CC1)N1CCC2(CC1)CO[C@@H](COc1cccnc1)C2. The summed E-state index contributed by atoms with van der Waals surface area (Å²) in [5, 5.41) is -0.105. The van der Waals surface area contributed by atoms with Gasteiger partial charge in [0.2, 0.25) is 10.0 Å². The summed E-state index contributed by atoms with van der Waals surface area (Å²) < 4.78 is 38.1. The van der Waals surface area contributed by atoms with Gasteiger partial charge in [0.05, 0.1) is 24.2 Å². The number of piperidine rings is 1. The summed E-state index contributed by atoms with van der Waals surface area (Å²) in [6.07, 6.45) is 7.90. The third-order valence-corrected chi connectivity index (χ3v) is 7.84. The third kappa shape index (κ3) is 3.30. The van der Waals surface area contributed by atoms with Gasteiger partial charge < -0.3 is 9.47 Å². The van der Waals surface area contributed by atoms with Crippen molar-refractivity contribution in [3.05, 3.63) is 24.5 Å². The maximum Gasteiger partial charge on any atom is 0.216 e. The summed E-state index contributed by atoms with van der Waals surface area (Å²) in [5.74, 6) is 0.757. The lowest BCUT2D eigenvalue weighted by molar-refractivity contribution is 0.0539. The normalized spacial score (nSPS) is 27.4. The topological polar surface area (TPSA) is 68.7 Å². The molecule has 6 nitrogen and oxygen atoms in total. The van der Waals surface area contributed by atoms with Gasteiger partial charge in [0.1, 0.15) is 12.4 Å². The standard InChI is InChI=1S/C17H24N2O4S/c20-24(21,16-3-4-16)19-8-5-17(6-9-19)10-15(23-13-17)12-22-14-2-1-7-18-11-14/h1-2,7,11,15-16H,3-6,8-10,12-13H2/t15-/m1/s1. The Morgan fingerprint density at radius 1 is 1.33 bits per heavy atom. The predicted octanol–water partition coefficient (Wildman–Crippen LogP) is 1.82. The fourth-order valence-corrected chi connectivity index (χ4v) is 5.61. The molecule has 3 aliphatic rings. The minimum atomic E-state index is -3.03. The van der Waals surface area contributed by atoms with Gasteiger partial charge in [-0.3, -0.25) is 4.98 Å². The number of rotatable bonds is 5. The lowest BCUT2D eigenvalue weighted by Gasteiger charge is -2.37. The molecule has 3 fully saturated rings. The van der Waals surface area contributed by atoms with E-state index >= 15 is 0 Å². The average Bonchev–Trinajstić information content (AvgIpc) is 3.39. The molecule has 7 heteroatoms. The number of sulfonamides is 1. The molecule has 0 N–H and O–H groups in total. The maximum atomic E-state index is 12.3. The van der Waals surface area contributed by atoms with Crippen LogP contribution in [0.15, 0.2) is 24.5 Å². The highest BCUT2D eigenvalue weighted by molar-refractivity contribution is 7.90. The first kappa shape index (κ1) is 16.3. The van der Waals surface area contributed by atoms with Gasteiger partial charge in [0.25, 0.3) is 0 Å². The highest BCUT2D eigenvalue weighted by atomic mass is 32.2. The number of ether oxygens (including phenoxy) is 2. The Bertz CT molecular complexity index is 667. The van der Waals surface area contributed by atoms with Crippen molar-refractivity contribution < 1.29 is 17.9 Å². The molecule has 0 amide bonds. The number of aromatic nitrogens is 1. The second kappa shape index (κ2) is 6.28. The Labute approximate surface area is 143 Å². The molecule has 0 unspecified atom stereocenters. The van der Waals surface area contributed by atoms with Crippen LogP contribution in [0.25, 0.3) is 0 Å². The van der Waals surface area contributed by atoms with Crippen molar-refractivity contribution in [1.82, 2.24) is 9.29 Å². The van der Waals surface area contributed by atoms with E-state index in [2.05, 4.69) is 4.98 Å². The van der Waals surface area contributed by atoms with E-state index in [1.807, 2.05) is 12.1 Å². The Hall–Kier alpha value is -1.18. The fourth-order valence-electron chi connectivity index (χ4n) is 3.76. The van der Waals surface area contributed by atoms with Gasteiger partial charge in [0, 0.05) is 19.3 Å². The van der Waals surface area contributed by atoms with E-state index in [0.29, 0.717) is 26.3 Å². The van der Waals surface area contributed by atoms with Crippen LogP contribution in [-0.2, 0) is 14.8 Å². The van der Waals surface area contributed by atoms with Gasteiger partial charge in [-0.15, -0.1) is 0 Å². The van der Waals surface area contributed by atoms with Crippen LogP contribution in [-0.4, -0.2) is 55.4 Å². The maximum absolute atomic E-state index is 12.3. The molecule has 0 aromatic carbocycles. The number of nitrogens with zero attached hydrogens (tertiary/aromatic N) is 2. The highest BCUT2D eigenvalue weighted by Gasteiger charge is 2.47. The van der Waals surface area contributed by atoms with Gasteiger partial charge in [0.15, 0.2) is 0 Å². The van der Waals surface area contributed by atoms with Crippen LogP contribution in [0.5, 0.6) is 5.75 Å². The predicted molar refractivity (Wildman–Crippen MR) is 89.3 cm³/mol. The first-order valence-corrected chi connectivity index (χ1v) is 10.2. The van der Waals surface area contributed by atoms with Crippen LogP contribution in [0, 0.1) is 5.41 Å². The molecule has 132 valence electrons. The summed E-state index contributed by atoms with van der Waals surface area (Å²) in [6.45, 7) is 2.51. The smallest absolute Gasteiger partial charge is 0.216 e. The summed E-state index contributed by atoms with van der Waals surface area (Å²) in [5.41, 5.74) is 0.124. The molecule has 2 aliphatic heterocycles. The van der Waals surface area contributed by atoms with E-state index in [1.54, 1.807) is 16.7 Å². The Kier molecular flexibility index (Phi) is 4.26. The first-order chi connectivity index (χ1) is 11.6. The summed E-state index contributed by atoms with van der Waals surface area (Å²) in [6, 6.07) is 3.74. The van der Waals surface area contributed by atoms with Gasteiger partial charge in [-0.2, -0.15) is 0 Å². The van der Waals surface area contributed by atoms with Crippen LogP contribution in [0.2, 0.25) is 0 Å². The molecule has 1 aromatic rings. The Morgan fingerprint density at radius 2 is 2.12 bits per heavy atom. The second-order valence-corrected chi connectivity index (χ2v) is 9.49. The van der Waals surface area contributed by atoms with E-state index in [9.17, 15) is 8.42 Å². The van der Waals surface area contributed by atoms with Crippen molar-refractivity contribution in [3.8, 4) is 5.75 Å². The number of hydrogen-bond acceptors (Lipinski definition) is 5. The van der Waals surface area contributed by atoms with E-state index in [4.69, 9.17) is 9.47 Å². The molecule has 24 heavy (non-hydrogen) atoms. The minimum Gasteiger partial charge on any atom is -0.489 e. The summed E-state index contributed by atoms with van der Waals surface area (Å²) in [4.78, 5) is 4.04. The molecule has 1 saturated carbocycles. The average molecular weight is 352 g/mol. The molecule has 1 aromatic heterocycles. The molecular formula is C17H24N2O4S. The van der Waals surface area contributed by atoms with Crippen molar-refractivity contribution in [1.29, 1.82) is 0 Å². The van der Waals surface area contributed by atoms with E-state index in [-0.39, 0.29) is 16.8 Å². The van der Waals surface area contributed by atoms with Crippen molar-refractivity contribution in [2.24, 2.45) is 5.41 Å². The molecule has 0 radical (unpaired) electrons. The molecular weight excluding hydrogens is 328 g/mol. The van der Waals surface area contributed by atoms with Gasteiger partial charge >= 0.3 is 0 Å². The molecule has 1 atom stereocenters. The second-order valence-electron chi connectivity index (χ2n) is 7.28. The zero-order valence-corrected chi connectivity index (χ0v) is 14.6. The van der Waals surface area contributed by atoms with E-state index in [0.717, 1.165) is 37.9 Å². The Morgan fingerprint density at radius 3 is 2.79 bits per heavy atom. The molecule has 1 spiro atoms. The number of hydrogen-bond donors (Lipinski definition) is 0. The largest absolute Gasteiger partial charge is 0.489 e. The van der Waals surface area contributed by atoms with E-state index < -0.39 is 10.0 Å². The fraction of sp³-hybridized carbons (Fsp3) is 0.706. The lowest BCUT2D eigenvalue weighted by atomic mass is 9.77. The monoisotopic (exact) mass is 352 g/mol. The third-order valence-electron chi connectivity index (χ3n) is 5.44. The molecule has 3 heterocycles. The Balaban J connectivity index is 1.29. The van der Waals surface area contributed by atoms with Crippen molar-refractivity contribution >= 4 is 10.0 Å². The van der Waals surface area contributed by atoms with Gasteiger partial charge in [-0.25, -0.2) is 12.7 Å². The van der Waals surface area contributed by atoms with Gasteiger partial charge in [-0.05, 0) is 49.7 Å². The molecule has 1 aliphatic carbocycles. The van der Waals surface area contributed by atoms with Crippen molar-refractivity contribution in [3.63, 3.8) is 0 Å². The number of pyridine rings is 1. The molecule has 0 bridgehead atoms. The van der Waals surface area contributed by atoms with Crippen molar-refractivity contribution in [2.75, 3.05) is 26.3 Å². The van der Waals surface area contributed by atoms with Crippen LogP contribution in [0.3, 0.4) is 0 Å². The highest BCUT2D eigenvalue weighted by Crippen LogP contribution is 2.43. The van der Waals surface area contributed by atoms with Crippen LogP contribution in [0.1, 0.15) is 32.1 Å². The molecule has 2 saturated heterocycles. The van der Waals surface area contributed by atoms with E-state index in [1.165, 1.54) is 0 Å². The molecule has 4 rings (SSSR count). The lowest BCUT2D eigenvalue weighted by Crippen LogP contribution is -2.44. The first-order valence-electron chi connectivity index (χ1n) is 8.71. The van der Waals surface area contributed by atoms with Crippen molar-refractivity contribution in [2.45, 2.75) is 43.5 Å². The van der Waals surface area contributed by atoms with Crippen LogP contribution >= 0.6 is 0 Å². The van der Waals surface area contributed by atoms with Crippen LogP contribution < -0.4 is 4.74 Å². The summed E-state index contributed by atoms with van der Waals surface area (Å²) >= 11 is 0. The quantitative estimate of drug-likeness (QED) is 0.809. The van der Waals surface area contributed by atoms with Gasteiger partial charge in [-0.1, -0.05) is 0 Å². The minimum absolute atomic E-state index is 0.0804. The zero-order valence-electron chi connectivity index (χ0n) is 13.8.